The number of nitrogens with zero attached hydrogens (tertiary/aromatic N) is 2. The average Bonchev–Trinajstić information content (AvgIpc) is 3.18. The molecule has 0 amide bonds. The lowest BCUT2D eigenvalue weighted by Gasteiger charge is -2.09. The van der Waals surface area contributed by atoms with E-state index in [2.05, 4.69) is 33.6 Å². The molecule has 2 aromatic rings. The zero-order chi connectivity index (χ0) is 17.6. The van der Waals surface area contributed by atoms with E-state index in [0.717, 1.165) is 28.0 Å². The third kappa shape index (κ3) is 7.10. The molecule has 0 atom stereocenters. The number of halogens is 4. The van der Waals surface area contributed by atoms with E-state index in [9.17, 15) is 13.2 Å². The van der Waals surface area contributed by atoms with Crippen LogP contribution in [0.1, 0.15) is 34.3 Å². The highest BCUT2D eigenvalue weighted by Gasteiger charge is 2.33. The van der Waals surface area contributed by atoms with Gasteiger partial charge in [-0.15, -0.1) is 46.7 Å². The largest absolute Gasteiger partial charge is 0.434 e. The van der Waals surface area contributed by atoms with Crippen molar-refractivity contribution in [1.82, 2.24) is 15.6 Å². The van der Waals surface area contributed by atoms with E-state index in [4.69, 9.17) is 0 Å². The van der Waals surface area contributed by atoms with E-state index in [0.29, 0.717) is 24.1 Å². The quantitative estimate of drug-likeness (QED) is 0.342. The second-order valence-electron chi connectivity index (χ2n) is 4.89. The number of aliphatic imine (C=N–C) groups is 1. The predicted molar refractivity (Wildman–Crippen MR) is 108 cm³/mol. The maximum absolute atomic E-state index is 12.5. The Hall–Kier alpha value is -0.880. The highest BCUT2D eigenvalue weighted by atomic mass is 127. The Labute approximate surface area is 170 Å². The minimum atomic E-state index is -4.40. The number of nitrogens with one attached hydrogen (secondary N) is 2. The summed E-state index contributed by atoms with van der Waals surface area (Å²) in [5.41, 5.74) is -0.850. The first-order chi connectivity index (χ1) is 11.4. The monoisotopic (exact) mass is 504 g/mol. The summed E-state index contributed by atoms with van der Waals surface area (Å²) in [6.07, 6.45) is -3.40. The summed E-state index contributed by atoms with van der Waals surface area (Å²) in [5, 5.41) is 7.50. The summed E-state index contributed by atoms with van der Waals surface area (Å²) in [4.78, 5) is 10.5. The molecule has 0 unspecified atom stereocenters. The number of alkyl halides is 3. The highest BCUT2D eigenvalue weighted by Crippen LogP contribution is 2.29. The lowest BCUT2D eigenvalue weighted by atomic mass is 10.4. The van der Waals surface area contributed by atoms with Crippen LogP contribution in [0.2, 0.25) is 0 Å². The molecule has 25 heavy (non-hydrogen) atoms. The topological polar surface area (TPSA) is 49.3 Å². The maximum atomic E-state index is 12.5. The number of guanidine groups is 1. The number of thiazole rings is 1. The molecule has 2 rings (SSSR count). The van der Waals surface area contributed by atoms with Gasteiger partial charge in [-0.3, -0.25) is 0 Å². The molecule has 4 nitrogen and oxygen atoms in total. The van der Waals surface area contributed by atoms with Crippen LogP contribution in [0.3, 0.4) is 0 Å². The summed E-state index contributed by atoms with van der Waals surface area (Å²) in [6, 6.07) is 4.14. The Bertz CT molecular complexity index is 682. The van der Waals surface area contributed by atoms with Crippen molar-refractivity contribution in [2.75, 3.05) is 6.54 Å². The zero-order valence-electron chi connectivity index (χ0n) is 13.8. The van der Waals surface area contributed by atoms with Gasteiger partial charge in [0.25, 0.3) is 0 Å². The molecule has 0 spiro atoms. The SMILES string of the molecule is CCNC(=NCc1ccc(CC)s1)NCc1nc(C(F)(F)F)cs1.I. The van der Waals surface area contributed by atoms with Crippen molar-refractivity contribution >= 4 is 52.6 Å². The van der Waals surface area contributed by atoms with Crippen molar-refractivity contribution < 1.29 is 13.2 Å². The molecule has 2 aromatic heterocycles. The van der Waals surface area contributed by atoms with Gasteiger partial charge in [0.2, 0.25) is 0 Å². The first kappa shape index (κ1) is 22.2. The van der Waals surface area contributed by atoms with Crippen molar-refractivity contribution in [1.29, 1.82) is 0 Å². The fourth-order valence-corrected chi connectivity index (χ4v) is 3.50. The van der Waals surface area contributed by atoms with Crippen molar-refractivity contribution in [2.45, 2.75) is 39.5 Å². The summed E-state index contributed by atoms with van der Waals surface area (Å²) in [6.45, 7) is 5.45. The van der Waals surface area contributed by atoms with E-state index in [1.807, 2.05) is 13.0 Å². The van der Waals surface area contributed by atoms with E-state index < -0.39 is 11.9 Å². The van der Waals surface area contributed by atoms with Gasteiger partial charge in [0.05, 0.1) is 13.1 Å². The normalized spacial score (nSPS) is 12.0. The van der Waals surface area contributed by atoms with Crippen LogP contribution in [-0.4, -0.2) is 17.5 Å². The fraction of sp³-hybridized carbons (Fsp3) is 0.467. The molecule has 0 saturated heterocycles. The van der Waals surface area contributed by atoms with Crippen LogP contribution in [-0.2, 0) is 25.7 Å². The van der Waals surface area contributed by atoms with Crippen LogP contribution >= 0.6 is 46.7 Å². The Balaban J connectivity index is 0.00000312. The lowest BCUT2D eigenvalue weighted by molar-refractivity contribution is -0.140. The van der Waals surface area contributed by atoms with Crippen LogP contribution < -0.4 is 10.6 Å². The predicted octanol–water partition coefficient (Wildman–Crippen LogP) is 4.66. The lowest BCUT2D eigenvalue weighted by Crippen LogP contribution is -2.36. The first-order valence-electron chi connectivity index (χ1n) is 7.53. The van der Waals surface area contributed by atoms with Gasteiger partial charge in [0.15, 0.2) is 11.7 Å². The Kier molecular flexibility index (Phi) is 9.14. The molecule has 0 aliphatic rings. The van der Waals surface area contributed by atoms with E-state index >= 15 is 0 Å². The standard InChI is InChI=1S/C15H19F3N4S2.HI/c1-3-10-5-6-11(24-10)7-20-14(19-4-2)21-8-13-22-12(9-23-13)15(16,17)18;/h5-6,9H,3-4,7-8H2,1-2H3,(H2,19,20,21);1H. The Morgan fingerprint density at radius 1 is 1.20 bits per heavy atom. The van der Waals surface area contributed by atoms with Crippen LogP contribution in [0.4, 0.5) is 13.2 Å². The molecular formula is C15H20F3IN4S2. The van der Waals surface area contributed by atoms with Crippen molar-refractivity contribution in [3.05, 3.63) is 38.0 Å². The molecule has 0 fully saturated rings. The summed E-state index contributed by atoms with van der Waals surface area (Å²) in [5.74, 6) is 0.563. The van der Waals surface area contributed by atoms with E-state index in [1.165, 1.54) is 4.88 Å². The van der Waals surface area contributed by atoms with Gasteiger partial charge >= 0.3 is 6.18 Å². The molecule has 0 radical (unpaired) electrons. The van der Waals surface area contributed by atoms with Crippen molar-refractivity contribution in [2.24, 2.45) is 4.99 Å². The van der Waals surface area contributed by atoms with Gasteiger partial charge in [-0.1, -0.05) is 6.92 Å². The fourth-order valence-electron chi connectivity index (χ4n) is 1.88. The number of aryl methyl sites for hydroxylation is 1. The zero-order valence-corrected chi connectivity index (χ0v) is 17.8. The van der Waals surface area contributed by atoms with Crippen molar-refractivity contribution in [3.63, 3.8) is 0 Å². The molecule has 0 saturated carbocycles. The summed E-state index contributed by atoms with van der Waals surface area (Å²) >= 11 is 2.70. The van der Waals surface area contributed by atoms with Crippen LogP contribution in [0, 0.1) is 0 Å². The van der Waals surface area contributed by atoms with E-state index in [1.54, 1.807) is 11.3 Å². The van der Waals surface area contributed by atoms with Gasteiger partial charge in [-0.2, -0.15) is 13.2 Å². The number of rotatable bonds is 6. The number of thiophene rings is 1. The maximum Gasteiger partial charge on any atom is 0.434 e. The summed E-state index contributed by atoms with van der Waals surface area (Å²) < 4.78 is 37.6. The minimum Gasteiger partial charge on any atom is -0.357 e. The van der Waals surface area contributed by atoms with Crippen LogP contribution in [0.25, 0.3) is 0 Å². The Morgan fingerprint density at radius 2 is 1.92 bits per heavy atom. The van der Waals surface area contributed by atoms with Crippen LogP contribution in [0.5, 0.6) is 0 Å². The van der Waals surface area contributed by atoms with Gasteiger partial charge in [0.1, 0.15) is 5.01 Å². The molecule has 140 valence electrons. The van der Waals surface area contributed by atoms with Gasteiger partial charge in [0, 0.05) is 21.7 Å². The van der Waals surface area contributed by atoms with E-state index in [-0.39, 0.29) is 30.5 Å². The molecule has 10 heteroatoms. The van der Waals surface area contributed by atoms with Crippen LogP contribution in [0.15, 0.2) is 22.5 Å². The highest BCUT2D eigenvalue weighted by molar-refractivity contribution is 14.0. The minimum absolute atomic E-state index is 0. The molecule has 0 aromatic carbocycles. The number of aromatic nitrogens is 1. The second-order valence-corrected chi connectivity index (χ2v) is 7.09. The smallest absolute Gasteiger partial charge is 0.357 e. The number of hydrogen-bond acceptors (Lipinski definition) is 4. The summed E-state index contributed by atoms with van der Waals surface area (Å²) in [7, 11) is 0. The van der Waals surface area contributed by atoms with Gasteiger partial charge < -0.3 is 10.6 Å². The molecule has 0 bridgehead atoms. The number of hydrogen-bond donors (Lipinski definition) is 2. The Morgan fingerprint density at radius 3 is 2.48 bits per heavy atom. The molecule has 2 heterocycles. The second kappa shape index (κ2) is 10.3. The van der Waals surface area contributed by atoms with Crippen molar-refractivity contribution in [3.8, 4) is 0 Å². The first-order valence-corrected chi connectivity index (χ1v) is 9.23. The third-order valence-electron chi connectivity index (χ3n) is 3.05. The molecule has 2 N–H and O–H groups in total. The molecular weight excluding hydrogens is 484 g/mol. The third-order valence-corrected chi connectivity index (χ3v) is 5.12. The van der Waals surface area contributed by atoms with Gasteiger partial charge in [-0.25, -0.2) is 9.98 Å². The molecule has 0 aliphatic heterocycles. The molecule has 0 aliphatic carbocycles. The van der Waals surface area contributed by atoms with Gasteiger partial charge in [-0.05, 0) is 25.5 Å². The average molecular weight is 504 g/mol.